The number of amides is 1. The Balaban J connectivity index is 3.13. The molecule has 0 radical (unpaired) electrons. The molecule has 5 nitrogen and oxygen atoms in total. The van der Waals surface area contributed by atoms with Crippen molar-refractivity contribution in [3.8, 4) is 0 Å². The van der Waals surface area contributed by atoms with Crippen molar-refractivity contribution in [1.82, 2.24) is 0 Å². The molecule has 0 fully saturated rings. The summed E-state index contributed by atoms with van der Waals surface area (Å²) in [6.45, 7) is 5.84. The number of aryl methyl sites for hydroxylation is 1. The Labute approximate surface area is 106 Å². The van der Waals surface area contributed by atoms with Crippen molar-refractivity contribution in [3.63, 3.8) is 0 Å². The average Bonchev–Trinajstić information content (AvgIpc) is 2.25. The maximum Gasteiger partial charge on any atom is 0.335 e. The van der Waals surface area contributed by atoms with E-state index >= 15 is 0 Å². The Morgan fingerprint density at radius 1 is 1.39 bits per heavy atom. The first-order chi connectivity index (χ1) is 8.32. The summed E-state index contributed by atoms with van der Waals surface area (Å²) in [7, 11) is 0. The number of rotatable bonds is 5. The van der Waals surface area contributed by atoms with Crippen LogP contribution in [0.25, 0.3) is 0 Å². The van der Waals surface area contributed by atoms with Gasteiger partial charge in [0.25, 0.3) is 0 Å². The van der Waals surface area contributed by atoms with Gasteiger partial charge < -0.3 is 15.7 Å². The van der Waals surface area contributed by atoms with Crippen LogP contribution in [0.3, 0.4) is 0 Å². The SMILES string of the molecule is Cc1cc(C(=O)O)ccc1N(CC(N)=O)C(C)C. The van der Waals surface area contributed by atoms with Crippen LogP contribution in [-0.4, -0.2) is 29.6 Å². The smallest absolute Gasteiger partial charge is 0.335 e. The van der Waals surface area contributed by atoms with Crippen molar-refractivity contribution >= 4 is 17.6 Å². The molecule has 0 aliphatic heterocycles. The second-order valence-corrected chi connectivity index (χ2v) is 4.49. The summed E-state index contributed by atoms with van der Waals surface area (Å²) in [5.41, 5.74) is 7.09. The van der Waals surface area contributed by atoms with Gasteiger partial charge in [-0.1, -0.05) is 0 Å². The molecule has 0 spiro atoms. The zero-order chi connectivity index (χ0) is 13.9. The van der Waals surface area contributed by atoms with E-state index in [1.807, 2.05) is 25.7 Å². The van der Waals surface area contributed by atoms with Crippen LogP contribution in [0, 0.1) is 6.92 Å². The molecule has 98 valence electrons. The Kier molecular flexibility index (Phi) is 4.31. The Bertz CT molecular complexity index is 469. The van der Waals surface area contributed by atoms with Crippen LogP contribution in [0.2, 0.25) is 0 Å². The summed E-state index contributed by atoms with van der Waals surface area (Å²) in [6.07, 6.45) is 0. The first-order valence-corrected chi connectivity index (χ1v) is 5.71. The number of hydrogen-bond donors (Lipinski definition) is 2. The molecule has 1 aromatic rings. The van der Waals surface area contributed by atoms with Crippen LogP contribution >= 0.6 is 0 Å². The van der Waals surface area contributed by atoms with Crippen molar-refractivity contribution in [1.29, 1.82) is 0 Å². The molecule has 5 heteroatoms. The molecule has 0 aliphatic carbocycles. The highest BCUT2D eigenvalue weighted by atomic mass is 16.4. The molecule has 0 saturated heterocycles. The highest BCUT2D eigenvalue weighted by Gasteiger charge is 2.16. The molecule has 0 saturated carbocycles. The number of carbonyl (C=O) groups excluding carboxylic acids is 1. The van der Waals surface area contributed by atoms with E-state index in [1.165, 1.54) is 6.07 Å². The summed E-state index contributed by atoms with van der Waals surface area (Å²) in [5.74, 6) is -1.37. The molecule has 1 amide bonds. The van der Waals surface area contributed by atoms with Crippen molar-refractivity contribution in [2.24, 2.45) is 5.73 Å². The molecule has 1 aromatic carbocycles. The third-order valence-corrected chi connectivity index (χ3v) is 2.70. The lowest BCUT2D eigenvalue weighted by molar-refractivity contribution is -0.116. The second-order valence-electron chi connectivity index (χ2n) is 4.49. The number of nitrogens with zero attached hydrogens (tertiary/aromatic N) is 1. The predicted molar refractivity (Wildman–Crippen MR) is 69.8 cm³/mol. The largest absolute Gasteiger partial charge is 0.478 e. The third kappa shape index (κ3) is 3.23. The van der Waals surface area contributed by atoms with Gasteiger partial charge in [0.05, 0.1) is 12.1 Å². The van der Waals surface area contributed by atoms with Crippen molar-refractivity contribution in [2.75, 3.05) is 11.4 Å². The standard InChI is InChI=1S/C13H18N2O3/c1-8(2)15(7-12(14)16)11-5-4-10(13(17)18)6-9(11)3/h4-6,8H,7H2,1-3H3,(H2,14,16)(H,17,18). The van der Waals surface area contributed by atoms with E-state index in [9.17, 15) is 9.59 Å². The maximum atomic E-state index is 11.1. The van der Waals surface area contributed by atoms with Gasteiger partial charge in [0.2, 0.25) is 5.91 Å². The highest BCUT2D eigenvalue weighted by molar-refractivity contribution is 5.89. The minimum atomic E-state index is -0.962. The third-order valence-electron chi connectivity index (χ3n) is 2.70. The van der Waals surface area contributed by atoms with E-state index in [-0.39, 0.29) is 18.2 Å². The number of aromatic carboxylic acids is 1. The minimum Gasteiger partial charge on any atom is -0.478 e. The maximum absolute atomic E-state index is 11.1. The summed E-state index contributed by atoms with van der Waals surface area (Å²) >= 11 is 0. The number of carboxylic acids is 1. The van der Waals surface area contributed by atoms with Crippen molar-refractivity contribution in [2.45, 2.75) is 26.8 Å². The lowest BCUT2D eigenvalue weighted by atomic mass is 10.1. The van der Waals surface area contributed by atoms with Gasteiger partial charge in [0, 0.05) is 11.7 Å². The van der Waals surface area contributed by atoms with E-state index in [2.05, 4.69) is 0 Å². The second kappa shape index (κ2) is 5.53. The molecule has 0 aliphatic rings. The topological polar surface area (TPSA) is 83.6 Å². The van der Waals surface area contributed by atoms with E-state index in [0.717, 1.165) is 11.3 Å². The van der Waals surface area contributed by atoms with Gasteiger partial charge in [-0.2, -0.15) is 0 Å². The van der Waals surface area contributed by atoms with Crippen LogP contribution in [0.5, 0.6) is 0 Å². The van der Waals surface area contributed by atoms with Crippen LogP contribution in [0.1, 0.15) is 29.8 Å². The fourth-order valence-electron chi connectivity index (χ4n) is 1.82. The Morgan fingerprint density at radius 3 is 2.39 bits per heavy atom. The zero-order valence-corrected chi connectivity index (χ0v) is 10.8. The number of benzene rings is 1. The molecule has 0 bridgehead atoms. The van der Waals surface area contributed by atoms with Crippen LogP contribution in [0.15, 0.2) is 18.2 Å². The van der Waals surface area contributed by atoms with E-state index in [1.54, 1.807) is 12.1 Å². The first-order valence-electron chi connectivity index (χ1n) is 5.71. The van der Waals surface area contributed by atoms with E-state index < -0.39 is 11.9 Å². The number of hydrogen-bond acceptors (Lipinski definition) is 3. The fourth-order valence-corrected chi connectivity index (χ4v) is 1.82. The summed E-state index contributed by atoms with van der Waals surface area (Å²) in [5, 5.41) is 8.91. The van der Waals surface area contributed by atoms with E-state index in [0.29, 0.717) is 0 Å². The first kappa shape index (κ1) is 14.0. The lowest BCUT2D eigenvalue weighted by Gasteiger charge is -2.29. The molecule has 0 unspecified atom stereocenters. The monoisotopic (exact) mass is 250 g/mol. The predicted octanol–water partition coefficient (Wildman–Crippen LogP) is 1.39. The number of primary amides is 1. The van der Waals surface area contributed by atoms with Gasteiger partial charge in [-0.3, -0.25) is 4.79 Å². The fraction of sp³-hybridized carbons (Fsp3) is 0.385. The summed E-state index contributed by atoms with van der Waals surface area (Å²) in [4.78, 5) is 23.8. The van der Waals surface area contributed by atoms with Crippen molar-refractivity contribution in [3.05, 3.63) is 29.3 Å². The molecule has 0 heterocycles. The number of carboxylic acid groups (broad SMARTS) is 1. The molecule has 0 aromatic heterocycles. The van der Waals surface area contributed by atoms with Crippen molar-refractivity contribution < 1.29 is 14.7 Å². The molecule has 3 N–H and O–H groups in total. The molecule has 18 heavy (non-hydrogen) atoms. The zero-order valence-electron chi connectivity index (χ0n) is 10.8. The highest BCUT2D eigenvalue weighted by Crippen LogP contribution is 2.23. The molecule has 1 rings (SSSR count). The number of nitrogens with two attached hydrogens (primary N) is 1. The molecular weight excluding hydrogens is 232 g/mol. The average molecular weight is 250 g/mol. The lowest BCUT2D eigenvalue weighted by Crippen LogP contribution is -2.39. The van der Waals surface area contributed by atoms with Crippen LogP contribution < -0.4 is 10.6 Å². The Morgan fingerprint density at radius 2 is 2.00 bits per heavy atom. The van der Waals surface area contributed by atoms with Gasteiger partial charge in [0.1, 0.15) is 0 Å². The molecular formula is C13H18N2O3. The van der Waals surface area contributed by atoms with E-state index in [4.69, 9.17) is 10.8 Å². The summed E-state index contributed by atoms with van der Waals surface area (Å²) in [6, 6.07) is 4.93. The Hall–Kier alpha value is -2.04. The quantitative estimate of drug-likeness (QED) is 0.827. The minimum absolute atomic E-state index is 0.104. The van der Waals surface area contributed by atoms with Gasteiger partial charge in [-0.05, 0) is 44.5 Å². The number of anilines is 1. The van der Waals surface area contributed by atoms with Gasteiger partial charge >= 0.3 is 5.97 Å². The molecule has 0 atom stereocenters. The van der Waals surface area contributed by atoms with Crippen LogP contribution in [-0.2, 0) is 4.79 Å². The summed E-state index contributed by atoms with van der Waals surface area (Å²) < 4.78 is 0. The van der Waals surface area contributed by atoms with Gasteiger partial charge in [-0.15, -0.1) is 0 Å². The van der Waals surface area contributed by atoms with Crippen LogP contribution in [0.4, 0.5) is 5.69 Å². The van der Waals surface area contributed by atoms with Gasteiger partial charge in [0.15, 0.2) is 0 Å². The number of carbonyl (C=O) groups is 2. The normalized spacial score (nSPS) is 10.4. The van der Waals surface area contributed by atoms with Gasteiger partial charge in [-0.25, -0.2) is 4.79 Å².